The molecule has 10 nitrogen and oxygen atoms in total. The average molecular weight is 419 g/mol. The van der Waals surface area contributed by atoms with Gasteiger partial charge in [-0.2, -0.15) is 8.42 Å². The van der Waals surface area contributed by atoms with Crippen molar-refractivity contribution in [3.63, 3.8) is 0 Å². The van der Waals surface area contributed by atoms with E-state index in [4.69, 9.17) is 18.8 Å². The third-order valence-corrected chi connectivity index (χ3v) is 4.50. The molecule has 0 bridgehead atoms. The second-order valence-corrected chi connectivity index (χ2v) is 7.17. The van der Waals surface area contributed by atoms with Crippen LogP contribution in [-0.2, 0) is 38.1 Å². The molecule has 28 heavy (non-hydrogen) atoms. The zero-order chi connectivity index (χ0) is 20.8. The molecule has 0 aliphatic heterocycles. The Morgan fingerprint density at radius 3 is 2.18 bits per heavy atom. The molecule has 2 N–H and O–H groups in total. The van der Waals surface area contributed by atoms with E-state index in [1.807, 2.05) is 6.92 Å². The molecule has 1 rings (SSSR count). The normalized spacial score (nSPS) is 11.3. The van der Waals surface area contributed by atoms with Gasteiger partial charge in [0.15, 0.2) is 0 Å². The molecular weight excluding hydrogens is 394 g/mol. The van der Waals surface area contributed by atoms with Gasteiger partial charge in [0, 0.05) is 6.54 Å². The van der Waals surface area contributed by atoms with Crippen molar-refractivity contribution in [2.24, 2.45) is 0 Å². The lowest BCUT2D eigenvalue weighted by molar-refractivity contribution is -0.143. The van der Waals surface area contributed by atoms with Crippen LogP contribution in [0.3, 0.4) is 0 Å². The van der Waals surface area contributed by atoms with Crippen LogP contribution in [0.5, 0.6) is 0 Å². The average Bonchev–Trinajstić information content (AvgIpc) is 2.63. The standard InChI is InChI=1S/C17H25NO9S/c1-14-2-4-15(5-3-14)28(22,23)27-11-10-25-9-8-24-7-6-18-16(19)12-26-13-17(20)21/h2-5H,6-13H2,1H3,(H,18,19)(H,20,21). The van der Waals surface area contributed by atoms with E-state index in [0.29, 0.717) is 0 Å². The summed E-state index contributed by atoms with van der Waals surface area (Å²) in [7, 11) is -3.80. The molecule has 0 aromatic heterocycles. The summed E-state index contributed by atoms with van der Waals surface area (Å²) in [5, 5.41) is 10.8. The number of carbonyl (C=O) groups is 2. The van der Waals surface area contributed by atoms with Gasteiger partial charge in [0.05, 0.1) is 37.9 Å². The number of benzene rings is 1. The Balaban J connectivity index is 1.98. The first-order valence-corrected chi connectivity index (χ1v) is 9.90. The first-order chi connectivity index (χ1) is 13.3. The van der Waals surface area contributed by atoms with Crippen molar-refractivity contribution in [2.45, 2.75) is 11.8 Å². The zero-order valence-corrected chi connectivity index (χ0v) is 16.4. The van der Waals surface area contributed by atoms with Gasteiger partial charge in [0.1, 0.15) is 13.2 Å². The summed E-state index contributed by atoms with van der Waals surface area (Å²) in [4.78, 5) is 21.6. The first kappa shape index (κ1) is 24.0. The predicted octanol–water partition coefficient (Wildman–Crippen LogP) is -0.0491. The number of carbonyl (C=O) groups excluding carboxylic acids is 1. The number of rotatable bonds is 15. The number of aryl methyl sites for hydroxylation is 1. The molecule has 0 saturated carbocycles. The van der Waals surface area contributed by atoms with Crippen LogP contribution in [0.1, 0.15) is 5.56 Å². The van der Waals surface area contributed by atoms with E-state index in [1.54, 1.807) is 12.1 Å². The van der Waals surface area contributed by atoms with Crippen molar-refractivity contribution in [2.75, 3.05) is 52.8 Å². The van der Waals surface area contributed by atoms with Crippen molar-refractivity contribution in [1.82, 2.24) is 5.32 Å². The van der Waals surface area contributed by atoms with E-state index in [-0.39, 0.29) is 51.1 Å². The molecule has 1 amide bonds. The minimum atomic E-state index is -3.80. The fourth-order valence-electron chi connectivity index (χ4n) is 1.84. The van der Waals surface area contributed by atoms with E-state index in [9.17, 15) is 18.0 Å². The van der Waals surface area contributed by atoms with Crippen LogP contribution in [0.25, 0.3) is 0 Å². The molecule has 0 aliphatic rings. The highest BCUT2D eigenvalue weighted by molar-refractivity contribution is 7.86. The molecule has 0 fully saturated rings. The molecule has 0 radical (unpaired) electrons. The van der Waals surface area contributed by atoms with E-state index in [1.165, 1.54) is 12.1 Å². The predicted molar refractivity (Wildman–Crippen MR) is 97.4 cm³/mol. The van der Waals surface area contributed by atoms with Crippen LogP contribution in [0.4, 0.5) is 0 Å². The van der Waals surface area contributed by atoms with Gasteiger partial charge in [-0.05, 0) is 19.1 Å². The lowest BCUT2D eigenvalue weighted by Crippen LogP contribution is -2.31. The van der Waals surface area contributed by atoms with Gasteiger partial charge >= 0.3 is 5.97 Å². The number of hydrogen-bond donors (Lipinski definition) is 2. The third kappa shape index (κ3) is 10.9. The topological polar surface area (TPSA) is 137 Å². The molecule has 0 atom stereocenters. The maximum absolute atomic E-state index is 11.9. The number of amides is 1. The Kier molecular flexibility index (Phi) is 11.3. The number of hydrogen-bond acceptors (Lipinski definition) is 8. The summed E-state index contributed by atoms with van der Waals surface area (Å²) in [5.41, 5.74) is 0.952. The number of nitrogens with one attached hydrogen (secondary N) is 1. The Hall–Kier alpha value is -2.05. The first-order valence-electron chi connectivity index (χ1n) is 8.49. The minimum Gasteiger partial charge on any atom is -0.480 e. The highest BCUT2D eigenvalue weighted by Gasteiger charge is 2.14. The van der Waals surface area contributed by atoms with Crippen molar-refractivity contribution in [3.05, 3.63) is 29.8 Å². The van der Waals surface area contributed by atoms with Crippen LogP contribution in [-0.4, -0.2) is 78.2 Å². The highest BCUT2D eigenvalue weighted by atomic mass is 32.2. The van der Waals surface area contributed by atoms with Crippen LogP contribution in [0, 0.1) is 6.92 Å². The van der Waals surface area contributed by atoms with E-state index < -0.39 is 28.6 Å². The number of carboxylic acid groups (broad SMARTS) is 1. The zero-order valence-electron chi connectivity index (χ0n) is 15.6. The molecule has 158 valence electrons. The van der Waals surface area contributed by atoms with Crippen LogP contribution in [0.2, 0.25) is 0 Å². The van der Waals surface area contributed by atoms with Gasteiger partial charge < -0.3 is 24.6 Å². The highest BCUT2D eigenvalue weighted by Crippen LogP contribution is 2.12. The fraction of sp³-hybridized carbons (Fsp3) is 0.529. The van der Waals surface area contributed by atoms with Crippen molar-refractivity contribution >= 4 is 22.0 Å². The Bertz CT molecular complexity index is 704. The SMILES string of the molecule is Cc1ccc(S(=O)(=O)OCCOCCOCCNC(=O)COCC(=O)O)cc1. The lowest BCUT2D eigenvalue weighted by atomic mass is 10.2. The van der Waals surface area contributed by atoms with Crippen molar-refractivity contribution in [3.8, 4) is 0 Å². The summed E-state index contributed by atoms with van der Waals surface area (Å²) < 4.78 is 43.8. The van der Waals surface area contributed by atoms with Gasteiger partial charge in [-0.3, -0.25) is 8.98 Å². The van der Waals surface area contributed by atoms with E-state index in [0.717, 1.165) is 5.56 Å². The quantitative estimate of drug-likeness (QED) is 0.296. The second kappa shape index (κ2) is 13.2. The molecule has 0 aliphatic carbocycles. The molecule has 1 aromatic rings. The summed E-state index contributed by atoms with van der Waals surface area (Å²) in [6.07, 6.45) is 0. The summed E-state index contributed by atoms with van der Waals surface area (Å²) in [5.74, 6) is -1.58. The van der Waals surface area contributed by atoms with Gasteiger partial charge in [0.25, 0.3) is 10.1 Å². The van der Waals surface area contributed by atoms with Crippen LogP contribution >= 0.6 is 0 Å². The Labute approximate surface area is 163 Å². The Morgan fingerprint density at radius 1 is 0.929 bits per heavy atom. The third-order valence-electron chi connectivity index (χ3n) is 3.18. The maximum Gasteiger partial charge on any atom is 0.329 e. The smallest absolute Gasteiger partial charge is 0.329 e. The van der Waals surface area contributed by atoms with Crippen molar-refractivity contribution < 1.29 is 41.5 Å². The van der Waals surface area contributed by atoms with Crippen LogP contribution in [0.15, 0.2) is 29.2 Å². The Morgan fingerprint density at radius 2 is 1.54 bits per heavy atom. The largest absolute Gasteiger partial charge is 0.480 e. The molecule has 0 spiro atoms. The van der Waals surface area contributed by atoms with Crippen molar-refractivity contribution in [1.29, 1.82) is 0 Å². The molecular formula is C17H25NO9S. The van der Waals surface area contributed by atoms with Gasteiger partial charge in [0.2, 0.25) is 5.91 Å². The molecule has 11 heteroatoms. The maximum atomic E-state index is 11.9. The number of ether oxygens (including phenoxy) is 3. The molecule has 0 saturated heterocycles. The lowest BCUT2D eigenvalue weighted by Gasteiger charge is -2.08. The van der Waals surface area contributed by atoms with Gasteiger partial charge in [-0.1, -0.05) is 17.7 Å². The summed E-state index contributed by atoms with van der Waals surface area (Å²) in [6, 6.07) is 6.35. The number of aliphatic carboxylic acids is 1. The summed E-state index contributed by atoms with van der Waals surface area (Å²) in [6.45, 7) is 1.96. The monoisotopic (exact) mass is 419 g/mol. The fourth-order valence-corrected chi connectivity index (χ4v) is 2.74. The van der Waals surface area contributed by atoms with Crippen LogP contribution < -0.4 is 5.32 Å². The molecule has 0 heterocycles. The molecule has 0 unspecified atom stereocenters. The summed E-state index contributed by atoms with van der Waals surface area (Å²) >= 11 is 0. The molecule has 1 aromatic carbocycles. The van der Waals surface area contributed by atoms with E-state index in [2.05, 4.69) is 10.1 Å². The van der Waals surface area contributed by atoms with E-state index >= 15 is 0 Å². The minimum absolute atomic E-state index is 0.0894. The second-order valence-electron chi connectivity index (χ2n) is 5.55. The van der Waals surface area contributed by atoms with Gasteiger partial charge in [-0.25, -0.2) is 4.79 Å². The van der Waals surface area contributed by atoms with Gasteiger partial charge in [-0.15, -0.1) is 0 Å². The number of carboxylic acids is 1.